The number of hydrogen-bond acceptors (Lipinski definition) is 4. The second-order valence-corrected chi connectivity index (χ2v) is 4.16. The van der Waals surface area contributed by atoms with Crippen LogP contribution in [0.2, 0.25) is 0 Å². The first-order valence-electron chi connectivity index (χ1n) is 4.89. The number of anilines is 1. The van der Waals surface area contributed by atoms with Crippen LogP contribution in [0.3, 0.4) is 0 Å². The van der Waals surface area contributed by atoms with Gasteiger partial charge in [0.15, 0.2) is 17.3 Å². The zero-order valence-electron chi connectivity index (χ0n) is 9.45. The maximum atomic E-state index is 5.66. The summed E-state index contributed by atoms with van der Waals surface area (Å²) >= 11 is 3.38. The van der Waals surface area contributed by atoms with Crippen LogP contribution in [0.4, 0.5) is 5.82 Å². The first-order chi connectivity index (χ1) is 8.17. The van der Waals surface area contributed by atoms with Crippen LogP contribution in [0.1, 0.15) is 0 Å². The van der Waals surface area contributed by atoms with E-state index in [2.05, 4.69) is 26.1 Å². The molecule has 0 aliphatic carbocycles. The third-order valence-corrected chi connectivity index (χ3v) is 3.21. The molecule has 5 nitrogen and oxygen atoms in total. The highest BCUT2D eigenvalue weighted by molar-refractivity contribution is 9.10. The number of nitrogen functional groups attached to an aromatic ring is 1. The number of halogens is 1. The number of H-pyrrole nitrogens is 1. The molecule has 0 bridgehead atoms. The zero-order chi connectivity index (χ0) is 12.4. The normalized spacial score (nSPS) is 10.3. The zero-order valence-corrected chi connectivity index (χ0v) is 11.0. The molecule has 0 fully saturated rings. The molecule has 2 rings (SSSR count). The molecular formula is C11H12BrN3O2. The molecule has 1 heterocycles. The Labute approximate surface area is 107 Å². The maximum absolute atomic E-state index is 5.66. The van der Waals surface area contributed by atoms with Crippen LogP contribution in [0.5, 0.6) is 11.5 Å². The second-order valence-electron chi connectivity index (χ2n) is 3.37. The highest BCUT2D eigenvalue weighted by atomic mass is 79.9. The molecule has 0 radical (unpaired) electrons. The van der Waals surface area contributed by atoms with Crippen LogP contribution < -0.4 is 15.2 Å². The van der Waals surface area contributed by atoms with Gasteiger partial charge in [-0.25, -0.2) is 0 Å². The van der Waals surface area contributed by atoms with Crippen molar-refractivity contribution in [2.24, 2.45) is 0 Å². The van der Waals surface area contributed by atoms with Gasteiger partial charge in [0.05, 0.1) is 24.4 Å². The lowest BCUT2D eigenvalue weighted by Crippen LogP contribution is -1.91. The molecule has 0 saturated heterocycles. The third-order valence-electron chi connectivity index (χ3n) is 2.40. The van der Waals surface area contributed by atoms with E-state index in [0.29, 0.717) is 17.3 Å². The van der Waals surface area contributed by atoms with Gasteiger partial charge in [-0.3, -0.25) is 5.10 Å². The lowest BCUT2D eigenvalue weighted by Gasteiger charge is -2.08. The van der Waals surface area contributed by atoms with Crippen molar-refractivity contribution in [1.29, 1.82) is 0 Å². The van der Waals surface area contributed by atoms with Crippen LogP contribution >= 0.6 is 15.9 Å². The summed E-state index contributed by atoms with van der Waals surface area (Å²) in [4.78, 5) is 0. The van der Waals surface area contributed by atoms with Crippen molar-refractivity contribution in [3.8, 4) is 22.8 Å². The summed E-state index contributed by atoms with van der Waals surface area (Å²) in [6, 6.07) is 5.59. The summed E-state index contributed by atoms with van der Waals surface area (Å²) in [5.41, 5.74) is 7.38. The molecule has 0 saturated carbocycles. The summed E-state index contributed by atoms with van der Waals surface area (Å²) in [5, 5.41) is 6.79. The van der Waals surface area contributed by atoms with E-state index in [1.165, 1.54) is 0 Å². The Morgan fingerprint density at radius 1 is 1.24 bits per heavy atom. The molecular weight excluding hydrogens is 286 g/mol. The van der Waals surface area contributed by atoms with E-state index < -0.39 is 0 Å². The van der Waals surface area contributed by atoms with Crippen molar-refractivity contribution in [1.82, 2.24) is 10.2 Å². The molecule has 1 aromatic heterocycles. The van der Waals surface area contributed by atoms with Crippen molar-refractivity contribution in [2.45, 2.75) is 0 Å². The molecule has 17 heavy (non-hydrogen) atoms. The van der Waals surface area contributed by atoms with Crippen LogP contribution in [0, 0.1) is 0 Å². The Balaban J connectivity index is 2.50. The van der Waals surface area contributed by atoms with Gasteiger partial charge in [-0.2, -0.15) is 5.10 Å². The van der Waals surface area contributed by atoms with Crippen molar-refractivity contribution < 1.29 is 9.47 Å². The molecule has 0 atom stereocenters. The molecule has 90 valence electrons. The van der Waals surface area contributed by atoms with Crippen LogP contribution in [-0.2, 0) is 0 Å². The van der Waals surface area contributed by atoms with E-state index in [1.54, 1.807) is 14.2 Å². The molecule has 0 aliphatic heterocycles. The van der Waals surface area contributed by atoms with E-state index in [-0.39, 0.29) is 0 Å². The summed E-state index contributed by atoms with van der Waals surface area (Å²) < 4.78 is 11.2. The highest BCUT2D eigenvalue weighted by Gasteiger charge is 2.12. The average Bonchev–Trinajstić information content (AvgIpc) is 2.69. The number of nitrogens with two attached hydrogens (primary N) is 1. The molecule has 0 unspecified atom stereocenters. The standard InChI is InChI=1S/C11H12BrN3O2/c1-16-7-4-3-6(5-8(7)17-2)10-9(12)11(13)15-14-10/h3-5H,1-2H3,(H3,13,14,15). The first kappa shape index (κ1) is 11.8. The summed E-state index contributed by atoms with van der Waals surface area (Å²) in [5.74, 6) is 1.76. The predicted molar refractivity (Wildman–Crippen MR) is 69.2 cm³/mol. The molecule has 1 aromatic carbocycles. The van der Waals surface area contributed by atoms with E-state index in [0.717, 1.165) is 15.7 Å². The van der Waals surface area contributed by atoms with Gasteiger partial charge in [-0.1, -0.05) is 0 Å². The van der Waals surface area contributed by atoms with Gasteiger partial charge in [0.2, 0.25) is 0 Å². The third kappa shape index (κ3) is 2.08. The topological polar surface area (TPSA) is 73.2 Å². The summed E-state index contributed by atoms with van der Waals surface area (Å²) in [6.45, 7) is 0. The van der Waals surface area contributed by atoms with Crippen LogP contribution in [0.15, 0.2) is 22.7 Å². The first-order valence-corrected chi connectivity index (χ1v) is 5.68. The SMILES string of the molecule is COc1ccc(-c2[nH]nc(N)c2Br)cc1OC. The minimum Gasteiger partial charge on any atom is -0.493 e. The number of methoxy groups -OCH3 is 2. The summed E-state index contributed by atoms with van der Waals surface area (Å²) in [6.07, 6.45) is 0. The van der Waals surface area contributed by atoms with Gasteiger partial charge in [0.25, 0.3) is 0 Å². The molecule has 2 aromatic rings. The number of hydrogen-bond donors (Lipinski definition) is 2. The van der Waals surface area contributed by atoms with Gasteiger partial charge in [-0.05, 0) is 34.1 Å². The number of aromatic nitrogens is 2. The fourth-order valence-corrected chi connectivity index (χ4v) is 1.93. The molecule has 6 heteroatoms. The number of aromatic amines is 1. The van der Waals surface area contributed by atoms with Crippen LogP contribution in [-0.4, -0.2) is 24.4 Å². The smallest absolute Gasteiger partial charge is 0.161 e. The molecule has 3 N–H and O–H groups in total. The van der Waals surface area contributed by atoms with Crippen molar-refractivity contribution in [3.63, 3.8) is 0 Å². The molecule has 0 aliphatic rings. The monoisotopic (exact) mass is 297 g/mol. The number of benzene rings is 1. The molecule has 0 amide bonds. The molecule has 0 spiro atoms. The number of nitrogens with one attached hydrogen (secondary N) is 1. The van der Waals surface area contributed by atoms with Gasteiger partial charge in [0.1, 0.15) is 0 Å². The number of rotatable bonds is 3. The van der Waals surface area contributed by atoms with Crippen molar-refractivity contribution in [3.05, 3.63) is 22.7 Å². The summed E-state index contributed by atoms with van der Waals surface area (Å²) in [7, 11) is 3.19. The van der Waals surface area contributed by atoms with Gasteiger partial charge in [-0.15, -0.1) is 0 Å². The lowest BCUT2D eigenvalue weighted by molar-refractivity contribution is 0.355. The van der Waals surface area contributed by atoms with E-state index >= 15 is 0 Å². The maximum Gasteiger partial charge on any atom is 0.161 e. The van der Waals surface area contributed by atoms with Crippen molar-refractivity contribution in [2.75, 3.05) is 20.0 Å². The van der Waals surface area contributed by atoms with Gasteiger partial charge < -0.3 is 15.2 Å². The van der Waals surface area contributed by atoms with Crippen molar-refractivity contribution >= 4 is 21.7 Å². The quantitative estimate of drug-likeness (QED) is 0.913. The van der Waals surface area contributed by atoms with Gasteiger partial charge >= 0.3 is 0 Å². The average molecular weight is 298 g/mol. The van der Waals surface area contributed by atoms with Gasteiger partial charge in [0, 0.05) is 5.56 Å². The Bertz CT molecular complexity index is 540. The predicted octanol–water partition coefficient (Wildman–Crippen LogP) is 2.44. The Morgan fingerprint density at radius 2 is 1.94 bits per heavy atom. The lowest BCUT2D eigenvalue weighted by atomic mass is 10.1. The minimum atomic E-state index is 0.426. The second kappa shape index (κ2) is 4.67. The van der Waals surface area contributed by atoms with E-state index in [1.807, 2.05) is 18.2 Å². The number of nitrogens with zero attached hydrogens (tertiary/aromatic N) is 1. The number of ether oxygens (including phenoxy) is 2. The Morgan fingerprint density at radius 3 is 2.47 bits per heavy atom. The van der Waals surface area contributed by atoms with Crippen LogP contribution in [0.25, 0.3) is 11.3 Å². The highest BCUT2D eigenvalue weighted by Crippen LogP contribution is 2.35. The minimum absolute atomic E-state index is 0.426. The Hall–Kier alpha value is -1.69. The fraction of sp³-hybridized carbons (Fsp3) is 0.182. The largest absolute Gasteiger partial charge is 0.493 e. The Kier molecular flexibility index (Phi) is 3.23. The van der Waals surface area contributed by atoms with E-state index in [9.17, 15) is 0 Å². The van der Waals surface area contributed by atoms with E-state index in [4.69, 9.17) is 15.2 Å². The fourth-order valence-electron chi connectivity index (χ4n) is 1.53.